The van der Waals surface area contributed by atoms with Crippen molar-refractivity contribution >= 4 is 27.5 Å². The van der Waals surface area contributed by atoms with Crippen molar-refractivity contribution in [2.75, 3.05) is 39.4 Å². The molecule has 0 bridgehead atoms. The number of rotatable bonds is 4. The van der Waals surface area contributed by atoms with E-state index in [9.17, 15) is 13.2 Å². The molecule has 1 amide bonds. The summed E-state index contributed by atoms with van der Waals surface area (Å²) in [6.45, 7) is 2.06. The average Bonchev–Trinajstić information content (AvgIpc) is 2.75. The molecule has 0 aliphatic carbocycles. The maximum Gasteiger partial charge on any atom is 0.243 e. The van der Waals surface area contributed by atoms with E-state index in [1.54, 1.807) is 23.1 Å². The van der Waals surface area contributed by atoms with Gasteiger partial charge in [-0.15, -0.1) is 0 Å². The molecule has 29 heavy (non-hydrogen) atoms. The van der Waals surface area contributed by atoms with Gasteiger partial charge in [0.05, 0.1) is 11.3 Å². The minimum Gasteiger partial charge on any atom is -0.486 e. The molecule has 2 aromatic rings. The molecule has 0 radical (unpaired) electrons. The molecule has 0 aromatic heterocycles. The third kappa shape index (κ3) is 4.34. The van der Waals surface area contributed by atoms with Gasteiger partial charge in [0.1, 0.15) is 13.2 Å². The Hall–Kier alpha value is -2.29. The van der Waals surface area contributed by atoms with Crippen molar-refractivity contribution in [2.45, 2.75) is 11.3 Å². The highest BCUT2D eigenvalue weighted by Crippen LogP contribution is 2.33. The van der Waals surface area contributed by atoms with Crippen LogP contribution in [0.1, 0.15) is 5.56 Å². The molecule has 154 valence electrons. The zero-order valence-electron chi connectivity index (χ0n) is 15.7. The number of sulfonamides is 1. The molecule has 4 rings (SSSR count). The summed E-state index contributed by atoms with van der Waals surface area (Å²) in [6.07, 6.45) is 0.270. The number of amides is 1. The SMILES string of the molecule is O=C(Cc1ccc(Cl)cc1)N1CCN(S(=O)(=O)c2ccc3c(c2)OCCO3)CC1. The van der Waals surface area contributed by atoms with Gasteiger partial charge in [-0.25, -0.2) is 8.42 Å². The van der Waals surface area contributed by atoms with Gasteiger partial charge in [0, 0.05) is 37.3 Å². The van der Waals surface area contributed by atoms with E-state index in [1.807, 2.05) is 12.1 Å². The van der Waals surface area contributed by atoms with Crippen LogP contribution in [0, 0.1) is 0 Å². The second-order valence-corrected chi connectivity index (χ2v) is 9.27. The number of halogens is 1. The highest BCUT2D eigenvalue weighted by Gasteiger charge is 2.31. The molecular weight excluding hydrogens is 416 g/mol. The summed E-state index contributed by atoms with van der Waals surface area (Å²) in [4.78, 5) is 14.4. The Labute approximate surface area is 174 Å². The summed E-state index contributed by atoms with van der Waals surface area (Å²) in [7, 11) is -3.66. The molecular formula is C20H21ClN2O5S. The Morgan fingerprint density at radius 3 is 2.28 bits per heavy atom. The van der Waals surface area contributed by atoms with Gasteiger partial charge in [0.2, 0.25) is 15.9 Å². The van der Waals surface area contributed by atoms with Crippen LogP contribution in [0.5, 0.6) is 11.5 Å². The van der Waals surface area contributed by atoms with Gasteiger partial charge < -0.3 is 14.4 Å². The smallest absolute Gasteiger partial charge is 0.243 e. The number of fused-ring (bicyclic) bond motifs is 1. The van der Waals surface area contributed by atoms with Crippen molar-refractivity contribution < 1.29 is 22.7 Å². The molecule has 0 saturated carbocycles. The van der Waals surface area contributed by atoms with E-state index in [0.29, 0.717) is 42.8 Å². The quantitative estimate of drug-likeness (QED) is 0.734. The van der Waals surface area contributed by atoms with E-state index in [2.05, 4.69) is 0 Å². The van der Waals surface area contributed by atoms with Gasteiger partial charge in [-0.05, 0) is 29.8 Å². The lowest BCUT2D eigenvalue weighted by molar-refractivity contribution is -0.131. The number of piperazine rings is 1. The number of nitrogens with zero attached hydrogens (tertiary/aromatic N) is 2. The van der Waals surface area contributed by atoms with E-state index in [0.717, 1.165) is 5.56 Å². The van der Waals surface area contributed by atoms with Crippen LogP contribution >= 0.6 is 11.6 Å². The summed E-state index contributed by atoms with van der Waals surface area (Å²) in [5, 5.41) is 0.624. The standard InChI is InChI=1S/C20H21ClN2O5S/c21-16-3-1-15(2-4-16)13-20(24)22-7-9-23(10-8-22)29(25,26)17-5-6-18-19(14-17)28-12-11-27-18/h1-6,14H,7-13H2. The Morgan fingerprint density at radius 1 is 0.931 bits per heavy atom. The molecule has 7 nitrogen and oxygen atoms in total. The molecule has 2 heterocycles. The monoisotopic (exact) mass is 436 g/mol. The minimum atomic E-state index is -3.66. The zero-order chi connectivity index (χ0) is 20.4. The molecule has 1 fully saturated rings. The normalized spacial score (nSPS) is 17.2. The largest absolute Gasteiger partial charge is 0.486 e. The molecule has 2 aliphatic heterocycles. The maximum atomic E-state index is 13.0. The number of carbonyl (C=O) groups is 1. The Kier molecular flexibility index (Phi) is 5.67. The number of benzene rings is 2. The van der Waals surface area contributed by atoms with Gasteiger partial charge in [-0.1, -0.05) is 23.7 Å². The van der Waals surface area contributed by atoms with E-state index >= 15 is 0 Å². The molecule has 2 aromatic carbocycles. The first-order chi connectivity index (χ1) is 13.9. The van der Waals surface area contributed by atoms with Gasteiger partial charge in [0.15, 0.2) is 11.5 Å². The van der Waals surface area contributed by atoms with Gasteiger partial charge in [-0.2, -0.15) is 4.31 Å². The molecule has 1 saturated heterocycles. The van der Waals surface area contributed by atoms with E-state index in [4.69, 9.17) is 21.1 Å². The first-order valence-corrected chi connectivity index (χ1v) is 11.2. The van der Waals surface area contributed by atoms with Crippen LogP contribution in [0.3, 0.4) is 0 Å². The summed E-state index contributed by atoms with van der Waals surface area (Å²) >= 11 is 5.87. The first kappa shape index (κ1) is 20.0. The second kappa shape index (κ2) is 8.22. The van der Waals surface area contributed by atoms with E-state index in [-0.39, 0.29) is 30.3 Å². The lowest BCUT2D eigenvalue weighted by atomic mass is 10.1. The van der Waals surface area contributed by atoms with E-state index in [1.165, 1.54) is 16.4 Å². The fourth-order valence-electron chi connectivity index (χ4n) is 3.40. The number of hydrogen-bond acceptors (Lipinski definition) is 5. The van der Waals surface area contributed by atoms with Crippen LogP contribution in [-0.2, 0) is 21.2 Å². The van der Waals surface area contributed by atoms with Crippen molar-refractivity contribution in [3.05, 3.63) is 53.1 Å². The van der Waals surface area contributed by atoms with Crippen LogP contribution in [0.25, 0.3) is 0 Å². The zero-order valence-corrected chi connectivity index (χ0v) is 17.3. The number of ether oxygens (including phenoxy) is 2. The van der Waals surface area contributed by atoms with Crippen LogP contribution in [0.4, 0.5) is 0 Å². The lowest BCUT2D eigenvalue weighted by Crippen LogP contribution is -2.50. The van der Waals surface area contributed by atoms with Crippen molar-refractivity contribution in [2.24, 2.45) is 0 Å². The molecule has 0 spiro atoms. The topological polar surface area (TPSA) is 76.2 Å². The van der Waals surface area contributed by atoms with E-state index < -0.39 is 10.0 Å². The van der Waals surface area contributed by atoms with Gasteiger partial charge in [0.25, 0.3) is 0 Å². The van der Waals surface area contributed by atoms with Gasteiger partial charge in [-0.3, -0.25) is 4.79 Å². The summed E-state index contributed by atoms with van der Waals surface area (Å²) in [6, 6.07) is 11.8. The molecule has 0 unspecified atom stereocenters. The van der Waals surface area contributed by atoms with Crippen LogP contribution in [0.15, 0.2) is 47.4 Å². The van der Waals surface area contributed by atoms with Crippen LogP contribution in [0.2, 0.25) is 5.02 Å². The highest BCUT2D eigenvalue weighted by molar-refractivity contribution is 7.89. The van der Waals surface area contributed by atoms with Crippen molar-refractivity contribution in [1.82, 2.24) is 9.21 Å². The first-order valence-electron chi connectivity index (χ1n) is 9.35. The maximum absolute atomic E-state index is 13.0. The Bertz CT molecular complexity index is 1000. The van der Waals surface area contributed by atoms with Crippen molar-refractivity contribution in [3.8, 4) is 11.5 Å². The minimum absolute atomic E-state index is 0.0244. The third-order valence-corrected chi connectivity index (χ3v) is 7.16. The summed E-state index contributed by atoms with van der Waals surface area (Å²) in [5.41, 5.74) is 0.880. The molecule has 0 atom stereocenters. The molecule has 9 heteroatoms. The average molecular weight is 437 g/mol. The van der Waals surface area contributed by atoms with Crippen molar-refractivity contribution in [3.63, 3.8) is 0 Å². The molecule has 2 aliphatic rings. The predicted octanol–water partition coefficient (Wildman–Crippen LogP) is 2.19. The third-order valence-electron chi connectivity index (χ3n) is 5.01. The fraction of sp³-hybridized carbons (Fsp3) is 0.350. The Balaban J connectivity index is 1.39. The molecule has 0 N–H and O–H groups in total. The van der Waals surface area contributed by atoms with Crippen molar-refractivity contribution in [1.29, 1.82) is 0 Å². The second-order valence-electron chi connectivity index (χ2n) is 6.89. The lowest BCUT2D eigenvalue weighted by Gasteiger charge is -2.34. The van der Waals surface area contributed by atoms with Crippen LogP contribution in [-0.4, -0.2) is 62.9 Å². The Morgan fingerprint density at radius 2 is 1.59 bits per heavy atom. The summed E-state index contributed by atoms with van der Waals surface area (Å²) in [5.74, 6) is 0.964. The van der Waals surface area contributed by atoms with Crippen LogP contribution < -0.4 is 9.47 Å². The fourth-order valence-corrected chi connectivity index (χ4v) is 4.96. The highest BCUT2D eigenvalue weighted by atomic mass is 35.5. The number of hydrogen-bond donors (Lipinski definition) is 0. The number of carbonyl (C=O) groups excluding carboxylic acids is 1. The van der Waals surface area contributed by atoms with Gasteiger partial charge >= 0.3 is 0 Å². The summed E-state index contributed by atoms with van der Waals surface area (Å²) < 4.78 is 38.3. The predicted molar refractivity (Wildman–Crippen MR) is 108 cm³/mol.